The summed E-state index contributed by atoms with van der Waals surface area (Å²) in [6.45, 7) is 4.06. The van der Waals surface area contributed by atoms with Crippen LogP contribution < -0.4 is 0 Å². The van der Waals surface area contributed by atoms with Crippen LogP contribution in [-0.2, 0) is 4.79 Å². The van der Waals surface area contributed by atoms with Gasteiger partial charge in [-0.25, -0.2) is 0 Å². The van der Waals surface area contributed by atoms with E-state index in [1.807, 2.05) is 38.1 Å². The van der Waals surface area contributed by atoms with E-state index in [2.05, 4.69) is 0 Å². The zero-order valence-electron chi connectivity index (χ0n) is 9.56. The van der Waals surface area contributed by atoms with Crippen molar-refractivity contribution in [3.63, 3.8) is 0 Å². The molecule has 1 saturated carbocycles. The lowest BCUT2D eigenvalue weighted by atomic mass is 9.74. The third-order valence-corrected chi connectivity index (χ3v) is 5.32. The maximum atomic E-state index is 11.4. The molecule has 0 amide bonds. The van der Waals surface area contributed by atoms with Crippen LogP contribution >= 0.6 is 11.8 Å². The first-order valence-electron chi connectivity index (χ1n) is 5.54. The Morgan fingerprint density at radius 3 is 2.62 bits per heavy atom. The van der Waals surface area contributed by atoms with E-state index in [0.29, 0.717) is 0 Å². The molecule has 1 aromatic carbocycles. The van der Waals surface area contributed by atoms with E-state index in [0.717, 1.165) is 23.3 Å². The molecule has 2 nitrogen and oxygen atoms in total. The molecule has 1 N–H and O–H groups in total. The Labute approximate surface area is 100 Å². The highest BCUT2D eigenvalue weighted by Gasteiger charge is 2.51. The average molecular weight is 236 g/mol. The summed E-state index contributed by atoms with van der Waals surface area (Å²) in [7, 11) is 0. The van der Waals surface area contributed by atoms with Gasteiger partial charge in [-0.2, -0.15) is 0 Å². The van der Waals surface area contributed by atoms with Crippen molar-refractivity contribution in [1.82, 2.24) is 0 Å². The smallest absolute Gasteiger partial charge is 0.320 e. The SMILES string of the molecule is Cc1ccccc1SC1(C(=O)O)CCC1C. The van der Waals surface area contributed by atoms with Gasteiger partial charge in [0.05, 0.1) is 0 Å². The van der Waals surface area contributed by atoms with Crippen molar-refractivity contribution in [2.45, 2.75) is 36.3 Å². The molecule has 2 rings (SSSR count). The van der Waals surface area contributed by atoms with Crippen molar-refractivity contribution in [3.05, 3.63) is 29.8 Å². The molecule has 0 bridgehead atoms. The Morgan fingerprint density at radius 1 is 1.50 bits per heavy atom. The maximum absolute atomic E-state index is 11.4. The Hall–Kier alpha value is -0.960. The van der Waals surface area contributed by atoms with Gasteiger partial charge in [0.2, 0.25) is 0 Å². The first kappa shape index (κ1) is 11.5. The fourth-order valence-electron chi connectivity index (χ4n) is 2.08. The molecular weight excluding hydrogens is 220 g/mol. The number of benzene rings is 1. The lowest BCUT2D eigenvalue weighted by Crippen LogP contribution is -2.49. The van der Waals surface area contributed by atoms with E-state index < -0.39 is 10.7 Å². The van der Waals surface area contributed by atoms with Crippen LogP contribution in [-0.4, -0.2) is 15.8 Å². The van der Waals surface area contributed by atoms with Gasteiger partial charge in [-0.15, -0.1) is 11.8 Å². The molecule has 0 saturated heterocycles. The highest BCUT2D eigenvalue weighted by molar-refractivity contribution is 8.01. The number of carboxylic acid groups (broad SMARTS) is 1. The quantitative estimate of drug-likeness (QED) is 0.874. The van der Waals surface area contributed by atoms with Gasteiger partial charge in [0.1, 0.15) is 4.75 Å². The van der Waals surface area contributed by atoms with Crippen molar-refractivity contribution < 1.29 is 9.90 Å². The minimum atomic E-state index is -0.667. The van der Waals surface area contributed by atoms with Gasteiger partial charge in [-0.1, -0.05) is 25.1 Å². The summed E-state index contributed by atoms with van der Waals surface area (Å²) in [6.07, 6.45) is 1.80. The van der Waals surface area contributed by atoms with E-state index in [1.54, 1.807) is 0 Å². The zero-order chi connectivity index (χ0) is 11.8. The van der Waals surface area contributed by atoms with Gasteiger partial charge in [0, 0.05) is 4.90 Å². The number of aliphatic carboxylic acids is 1. The molecule has 16 heavy (non-hydrogen) atoms. The molecule has 0 radical (unpaired) electrons. The van der Waals surface area contributed by atoms with Crippen molar-refractivity contribution in [3.8, 4) is 0 Å². The molecule has 0 aliphatic heterocycles. The van der Waals surface area contributed by atoms with Crippen LogP contribution in [0.1, 0.15) is 25.3 Å². The molecule has 1 fully saturated rings. The second-order valence-corrected chi connectivity index (χ2v) is 5.87. The number of rotatable bonds is 3. The standard InChI is InChI=1S/C13H16O2S/c1-9-5-3-4-6-11(9)16-13(12(14)15)8-7-10(13)2/h3-6,10H,7-8H2,1-2H3,(H,14,15). The van der Waals surface area contributed by atoms with E-state index in [-0.39, 0.29) is 5.92 Å². The minimum Gasteiger partial charge on any atom is -0.480 e. The lowest BCUT2D eigenvalue weighted by molar-refractivity contribution is -0.144. The third kappa shape index (κ3) is 1.73. The van der Waals surface area contributed by atoms with Crippen molar-refractivity contribution in [2.24, 2.45) is 5.92 Å². The van der Waals surface area contributed by atoms with E-state index in [1.165, 1.54) is 11.8 Å². The maximum Gasteiger partial charge on any atom is 0.320 e. The summed E-state index contributed by atoms with van der Waals surface area (Å²) in [4.78, 5) is 12.5. The van der Waals surface area contributed by atoms with Crippen LogP contribution in [0, 0.1) is 12.8 Å². The minimum absolute atomic E-state index is 0.259. The molecule has 2 unspecified atom stereocenters. The number of aryl methyl sites for hydroxylation is 1. The monoisotopic (exact) mass is 236 g/mol. The Balaban J connectivity index is 2.26. The van der Waals surface area contributed by atoms with Crippen LogP contribution in [0.15, 0.2) is 29.2 Å². The van der Waals surface area contributed by atoms with E-state index >= 15 is 0 Å². The van der Waals surface area contributed by atoms with Gasteiger partial charge >= 0.3 is 5.97 Å². The van der Waals surface area contributed by atoms with Crippen LogP contribution in [0.2, 0.25) is 0 Å². The Kier molecular flexibility index (Phi) is 2.98. The molecule has 1 aromatic rings. The van der Waals surface area contributed by atoms with Gasteiger partial charge in [-0.3, -0.25) is 4.79 Å². The predicted molar refractivity (Wildman–Crippen MR) is 65.8 cm³/mol. The van der Waals surface area contributed by atoms with Gasteiger partial charge in [-0.05, 0) is 37.3 Å². The first-order chi connectivity index (χ1) is 7.56. The Morgan fingerprint density at radius 2 is 2.19 bits per heavy atom. The van der Waals surface area contributed by atoms with Crippen molar-refractivity contribution in [1.29, 1.82) is 0 Å². The van der Waals surface area contributed by atoms with Gasteiger partial charge in [0.25, 0.3) is 0 Å². The summed E-state index contributed by atoms with van der Waals surface area (Å²) in [5.74, 6) is -0.408. The number of hydrogen-bond donors (Lipinski definition) is 1. The van der Waals surface area contributed by atoms with Crippen LogP contribution in [0.3, 0.4) is 0 Å². The topological polar surface area (TPSA) is 37.3 Å². The first-order valence-corrected chi connectivity index (χ1v) is 6.36. The summed E-state index contributed by atoms with van der Waals surface area (Å²) in [6, 6.07) is 7.99. The van der Waals surface area contributed by atoms with Gasteiger partial charge < -0.3 is 5.11 Å². The van der Waals surface area contributed by atoms with E-state index in [9.17, 15) is 9.90 Å². The highest BCUT2D eigenvalue weighted by atomic mass is 32.2. The Bertz CT molecular complexity index is 416. The highest BCUT2D eigenvalue weighted by Crippen LogP contribution is 2.52. The molecule has 0 heterocycles. The van der Waals surface area contributed by atoms with Crippen LogP contribution in [0.25, 0.3) is 0 Å². The molecule has 86 valence electrons. The number of hydrogen-bond acceptors (Lipinski definition) is 2. The largest absolute Gasteiger partial charge is 0.480 e. The third-order valence-electron chi connectivity index (χ3n) is 3.49. The fraction of sp³-hybridized carbons (Fsp3) is 0.462. The molecule has 1 aliphatic rings. The van der Waals surface area contributed by atoms with Crippen LogP contribution in [0.5, 0.6) is 0 Å². The van der Waals surface area contributed by atoms with E-state index in [4.69, 9.17) is 0 Å². The molecule has 1 aliphatic carbocycles. The zero-order valence-corrected chi connectivity index (χ0v) is 10.4. The average Bonchev–Trinajstić information content (AvgIpc) is 2.25. The number of carboxylic acids is 1. The van der Waals surface area contributed by atoms with Gasteiger partial charge in [0.15, 0.2) is 0 Å². The molecule has 0 aromatic heterocycles. The summed E-state index contributed by atoms with van der Waals surface area (Å²) in [5.41, 5.74) is 1.16. The molecule has 2 atom stereocenters. The summed E-state index contributed by atoms with van der Waals surface area (Å²) < 4.78 is -0.591. The normalized spacial score (nSPS) is 28.5. The van der Waals surface area contributed by atoms with Crippen molar-refractivity contribution >= 4 is 17.7 Å². The fourth-order valence-corrected chi connectivity index (χ4v) is 3.47. The predicted octanol–water partition coefficient (Wildman–Crippen LogP) is 3.34. The lowest BCUT2D eigenvalue weighted by Gasteiger charge is -2.43. The summed E-state index contributed by atoms with van der Waals surface area (Å²) >= 11 is 1.52. The second-order valence-electron chi connectivity index (χ2n) is 4.50. The number of carbonyl (C=O) groups is 1. The molecule has 0 spiro atoms. The number of thioether (sulfide) groups is 1. The summed E-state index contributed by atoms with van der Waals surface area (Å²) in [5, 5.41) is 9.39. The van der Waals surface area contributed by atoms with Crippen molar-refractivity contribution in [2.75, 3.05) is 0 Å². The molecular formula is C13H16O2S. The molecule has 3 heteroatoms. The second kappa shape index (κ2) is 4.13. The van der Waals surface area contributed by atoms with Crippen LogP contribution in [0.4, 0.5) is 0 Å².